The Labute approximate surface area is 163 Å². The van der Waals surface area contributed by atoms with Crippen molar-refractivity contribution in [2.45, 2.75) is 13.0 Å². The summed E-state index contributed by atoms with van der Waals surface area (Å²) >= 11 is 5.86. The van der Waals surface area contributed by atoms with Gasteiger partial charge in [0.15, 0.2) is 0 Å². The Morgan fingerprint density at radius 3 is 2.56 bits per heavy atom. The zero-order valence-corrected chi connectivity index (χ0v) is 15.6. The highest BCUT2D eigenvalue weighted by Gasteiger charge is 2.09. The maximum atomic E-state index is 12.2. The Morgan fingerprint density at radius 1 is 1.07 bits per heavy atom. The molecule has 4 nitrogen and oxygen atoms in total. The normalized spacial score (nSPS) is 11.9. The molecular weight excluding hydrogens is 360 g/mol. The van der Waals surface area contributed by atoms with Crippen molar-refractivity contribution in [3.8, 4) is 11.5 Å². The molecule has 0 bridgehead atoms. The number of halogens is 1. The number of amides is 1. The van der Waals surface area contributed by atoms with Gasteiger partial charge in [0.25, 0.3) is 0 Å². The minimum absolute atomic E-state index is 0.159. The molecule has 0 saturated carbocycles. The number of aromatic nitrogens is 1. The highest BCUT2D eigenvalue weighted by Crippen LogP contribution is 2.24. The fourth-order valence-electron chi connectivity index (χ4n) is 2.48. The van der Waals surface area contributed by atoms with Crippen molar-refractivity contribution >= 4 is 23.6 Å². The van der Waals surface area contributed by atoms with E-state index in [-0.39, 0.29) is 11.9 Å². The predicted octanol–water partition coefficient (Wildman–Crippen LogP) is 5.42. The molecular formula is C22H19ClN2O2. The first-order chi connectivity index (χ1) is 13.1. The molecule has 1 N–H and O–H groups in total. The van der Waals surface area contributed by atoms with Crippen molar-refractivity contribution in [3.63, 3.8) is 0 Å². The second-order valence-electron chi connectivity index (χ2n) is 5.97. The van der Waals surface area contributed by atoms with Crippen LogP contribution in [0.25, 0.3) is 6.08 Å². The van der Waals surface area contributed by atoms with Gasteiger partial charge in [0.1, 0.15) is 11.5 Å². The number of carbonyl (C=O) groups is 1. The quantitative estimate of drug-likeness (QED) is 0.583. The highest BCUT2D eigenvalue weighted by atomic mass is 35.5. The lowest BCUT2D eigenvalue weighted by atomic mass is 10.1. The SMILES string of the molecule is CC(NC(=O)/C=C/c1ccc(Cl)cc1)c1cccc(Oc2ccncc2)c1. The van der Waals surface area contributed by atoms with Gasteiger partial charge in [0.2, 0.25) is 5.91 Å². The number of carbonyl (C=O) groups excluding carboxylic acids is 1. The molecule has 0 spiro atoms. The lowest BCUT2D eigenvalue weighted by Crippen LogP contribution is -2.24. The average molecular weight is 379 g/mol. The van der Waals surface area contributed by atoms with Gasteiger partial charge >= 0.3 is 0 Å². The van der Waals surface area contributed by atoms with Gasteiger partial charge in [-0.25, -0.2) is 0 Å². The molecule has 0 radical (unpaired) electrons. The second-order valence-corrected chi connectivity index (χ2v) is 6.41. The Hall–Kier alpha value is -3.11. The molecule has 0 fully saturated rings. The van der Waals surface area contributed by atoms with Gasteiger partial charge in [-0.05, 0) is 60.5 Å². The molecule has 3 aromatic rings. The maximum absolute atomic E-state index is 12.2. The Kier molecular flexibility index (Phi) is 6.23. The van der Waals surface area contributed by atoms with Crippen molar-refractivity contribution in [2.75, 3.05) is 0 Å². The molecule has 27 heavy (non-hydrogen) atoms. The molecule has 0 aliphatic rings. The van der Waals surface area contributed by atoms with E-state index in [0.29, 0.717) is 16.5 Å². The number of nitrogens with zero attached hydrogens (tertiary/aromatic N) is 1. The van der Waals surface area contributed by atoms with E-state index >= 15 is 0 Å². The van der Waals surface area contributed by atoms with Crippen LogP contribution in [-0.4, -0.2) is 10.9 Å². The van der Waals surface area contributed by atoms with E-state index in [1.165, 1.54) is 6.08 Å². The Morgan fingerprint density at radius 2 is 1.81 bits per heavy atom. The number of hydrogen-bond acceptors (Lipinski definition) is 3. The summed E-state index contributed by atoms with van der Waals surface area (Å²) in [7, 11) is 0. The van der Waals surface area contributed by atoms with E-state index in [1.807, 2.05) is 43.3 Å². The molecule has 1 aromatic heterocycles. The van der Waals surface area contributed by atoms with Crippen molar-refractivity contribution in [2.24, 2.45) is 0 Å². The van der Waals surface area contributed by atoms with Crippen molar-refractivity contribution in [3.05, 3.63) is 95.3 Å². The number of ether oxygens (including phenoxy) is 1. The van der Waals surface area contributed by atoms with Crippen LogP contribution >= 0.6 is 11.6 Å². The van der Waals surface area contributed by atoms with Crippen LogP contribution in [0.4, 0.5) is 0 Å². The number of pyridine rings is 1. The highest BCUT2D eigenvalue weighted by molar-refractivity contribution is 6.30. The lowest BCUT2D eigenvalue weighted by Gasteiger charge is -2.14. The number of hydrogen-bond donors (Lipinski definition) is 1. The topological polar surface area (TPSA) is 51.2 Å². The van der Waals surface area contributed by atoms with E-state index in [9.17, 15) is 4.79 Å². The maximum Gasteiger partial charge on any atom is 0.244 e. The third kappa shape index (κ3) is 5.69. The van der Waals surface area contributed by atoms with Crippen LogP contribution in [0.5, 0.6) is 11.5 Å². The molecule has 1 amide bonds. The van der Waals surface area contributed by atoms with E-state index in [4.69, 9.17) is 16.3 Å². The van der Waals surface area contributed by atoms with Crippen molar-refractivity contribution in [1.82, 2.24) is 10.3 Å². The zero-order chi connectivity index (χ0) is 19.1. The van der Waals surface area contributed by atoms with Crippen molar-refractivity contribution < 1.29 is 9.53 Å². The summed E-state index contributed by atoms with van der Waals surface area (Å²) in [6, 6.07) is 18.3. The summed E-state index contributed by atoms with van der Waals surface area (Å²) in [5.41, 5.74) is 1.87. The first-order valence-electron chi connectivity index (χ1n) is 8.52. The minimum atomic E-state index is -0.169. The molecule has 0 aliphatic heterocycles. The van der Waals surface area contributed by atoms with Gasteiger partial charge in [0, 0.05) is 23.5 Å². The average Bonchev–Trinajstić information content (AvgIpc) is 2.68. The molecule has 1 unspecified atom stereocenters. The van der Waals surface area contributed by atoms with Crippen LogP contribution in [0.15, 0.2) is 79.1 Å². The van der Waals surface area contributed by atoms with Gasteiger partial charge in [-0.2, -0.15) is 0 Å². The summed E-state index contributed by atoms with van der Waals surface area (Å²) < 4.78 is 5.81. The Balaban J connectivity index is 1.61. The summed E-state index contributed by atoms with van der Waals surface area (Å²) in [4.78, 5) is 16.1. The first-order valence-corrected chi connectivity index (χ1v) is 8.90. The second kappa shape index (κ2) is 9.01. The minimum Gasteiger partial charge on any atom is -0.457 e. The van der Waals surface area contributed by atoms with Crippen molar-refractivity contribution in [1.29, 1.82) is 0 Å². The molecule has 0 saturated heterocycles. The zero-order valence-electron chi connectivity index (χ0n) is 14.8. The van der Waals surface area contributed by atoms with Gasteiger partial charge in [0.05, 0.1) is 6.04 Å². The largest absolute Gasteiger partial charge is 0.457 e. The summed E-state index contributed by atoms with van der Waals surface area (Å²) in [5.74, 6) is 1.25. The number of rotatable bonds is 6. The van der Waals surface area contributed by atoms with Crippen LogP contribution in [-0.2, 0) is 4.79 Å². The van der Waals surface area contributed by atoms with Gasteiger partial charge in [-0.1, -0.05) is 35.9 Å². The van der Waals surface area contributed by atoms with Crippen LogP contribution < -0.4 is 10.1 Å². The third-order valence-electron chi connectivity index (χ3n) is 3.90. The van der Waals surface area contributed by atoms with Gasteiger partial charge in [-0.15, -0.1) is 0 Å². The first kappa shape index (κ1) is 18.7. The van der Waals surface area contributed by atoms with E-state index in [0.717, 1.165) is 11.1 Å². The standard InChI is InChI=1S/C22H19ClN2O2/c1-16(25-22(26)10-7-17-5-8-19(23)9-6-17)18-3-2-4-21(15-18)27-20-11-13-24-14-12-20/h2-16H,1H3,(H,25,26)/b10-7+. The molecule has 136 valence electrons. The number of benzene rings is 2. The van der Waals surface area contributed by atoms with Gasteiger partial charge < -0.3 is 10.1 Å². The Bertz CT molecular complexity index is 925. The van der Waals surface area contributed by atoms with Crippen LogP contribution in [0.1, 0.15) is 24.1 Å². The van der Waals surface area contributed by atoms with E-state index in [1.54, 1.807) is 42.7 Å². The molecule has 0 aliphatic carbocycles. The number of nitrogens with one attached hydrogen (secondary N) is 1. The van der Waals surface area contributed by atoms with Crippen LogP contribution in [0.2, 0.25) is 5.02 Å². The van der Waals surface area contributed by atoms with Crippen LogP contribution in [0.3, 0.4) is 0 Å². The molecule has 3 rings (SSSR count). The molecule has 2 aromatic carbocycles. The smallest absolute Gasteiger partial charge is 0.244 e. The molecule has 5 heteroatoms. The fraction of sp³-hybridized carbons (Fsp3) is 0.0909. The fourth-order valence-corrected chi connectivity index (χ4v) is 2.61. The summed E-state index contributed by atoms with van der Waals surface area (Å²) in [6.07, 6.45) is 6.61. The van der Waals surface area contributed by atoms with Gasteiger partial charge in [-0.3, -0.25) is 9.78 Å². The lowest BCUT2D eigenvalue weighted by molar-refractivity contribution is -0.117. The molecule has 1 heterocycles. The third-order valence-corrected chi connectivity index (χ3v) is 4.15. The van der Waals surface area contributed by atoms with Crippen LogP contribution in [0, 0.1) is 0 Å². The van der Waals surface area contributed by atoms with E-state index < -0.39 is 0 Å². The molecule has 1 atom stereocenters. The monoisotopic (exact) mass is 378 g/mol. The summed E-state index contributed by atoms with van der Waals surface area (Å²) in [5, 5.41) is 3.62. The summed E-state index contributed by atoms with van der Waals surface area (Å²) in [6.45, 7) is 1.93. The van der Waals surface area contributed by atoms with E-state index in [2.05, 4.69) is 10.3 Å². The predicted molar refractivity (Wildman–Crippen MR) is 108 cm³/mol.